The van der Waals surface area contributed by atoms with E-state index in [9.17, 15) is 23.4 Å². The largest absolute Gasteiger partial charge is 0.390 e. The van der Waals surface area contributed by atoms with Crippen LogP contribution in [-0.2, 0) is 14.8 Å². The van der Waals surface area contributed by atoms with E-state index in [0.29, 0.717) is 5.69 Å². The van der Waals surface area contributed by atoms with E-state index >= 15 is 0 Å². The van der Waals surface area contributed by atoms with Crippen LogP contribution in [0.4, 0.5) is 5.69 Å². The molecule has 0 radical (unpaired) electrons. The van der Waals surface area contributed by atoms with Gasteiger partial charge < -0.3 is 15.5 Å². The third kappa shape index (κ3) is 3.59. The van der Waals surface area contributed by atoms with E-state index in [1.54, 1.807) is 0 Å². The van der Waals surface area contributed by atoms with E-state index in [1.807, 2.05) is 0 Å². The van der Waals surface area contributed by atoms with Gasteiger partial charge in [-0.2, -0.15) is 4.31 Å². The first-order chi connectivity index (χ1) is 9.80. The molecule has 0 aromatic heterocycles. The molecule has 0 unspecified atom stereocenters. The van der Waals surface area contributed by atoms with Gasteiger partial charge in [0, 0.05) is 25.7 Å². The van der Waals surface area contributed by atoms with Crippen molar-refractivity contribution in [1.29, 1.82) is 0 Å². The second-order valence-corrected chi connectivity index (χ2v) is 6.93. The summed E-state index contributed by atoms with van der Waals surface area (Å²) in [6.45, 7) is 1.40. The Bertz CT molecular complexity index is 614. The zero-order chi connectivity index (χ0) is 15.6. The number of rotatable bonds is 3. The van der Waals surface area contributed by atoms with Crippen molar-refractivity contribution >= 4 is 21.6 Å². The molecular formula is C13H18N2O5S. The lowest BCUT2D eigenvalue weighted by Crippen LogP contribution is -2.48. The van der Waals surface area contributed by atoms with E-state index in [1.165, 1.54) is 31.2 Å². The Labute approximate surface area is 123 Å². The third-order valence-corrected chi connectivity index (χ3v) is 5.20. The minimum Gasteiger partial charge on any atom is -0.390 e. The fourth-order valence-corrected chi connectivity index (χ4v) is 3.64. The molecular weight excluding hydrogens is 296 g/mol. The predicted octanol–water partition coefficient (Wildman–Crippen LogP) is -0.239. The van der Waals surface area contributed by atoms with Gasteiger partial charge in [0.1, 0.15) is 0 Å². The first-order valence-electron chi connectivity index (χ1n) is 6.54. The molecule has 1 aliphatic heterocycles. The number of aliphatic hydroxyl groups excluding tert-OH is 2. The van der Waals surface area contributed by atoms with Gasteiger partial charge in [-0.15, -0.1) is 0 Å². The normalized spacial score (nSPS) is 23.8. The Kier molecular flexibility index (Phi) is 4.62. The molecule has 3 N–H and O–H groups in total. The highest BCUT2D eigenvalue weighted by atomic mass is 32.2. The number of anilines is 1. The summed E-state index contributed by atoms with van der Waals surface area (Å²) in [7, 11) is -3.71. The van der Waals surface area contributed by atoms with Crippen molar-refractivity contribution in [3.05, 3.63) is 24.3 Å². The Morgan fingerprint density at radius 3 is 2.38 bits per heavy atom. The van der Waals surface area contributed by atoms with Crippen molar-refractivity contribution in [3.8, 4) is 0 Å². The van der Waals surface area contributed by atoms with Gasteiger partial charge >= 0.3 is 0 Å². The minimum absolute atomic E-state index is 0.0835. The van der Waals surface area contributed by atoms with Crippen LogP contribution in [0, 0.1) is 0 Å². The topological polar surface area (TPSA) is 107 Å². The quantitative estimate of drug-likeness (QED) is 0.714. The molecule has 1 heterocycles. The fourth-order valence-electron chi connectivity index (χ4n) is 2.17. The minimum atomic E-state index is -3.71. The third-order valence-electron chi connectivity index (χ3n) is 3.32. The smallest absolute Gasteiger partial charge is 0.243 e. The van der Waals surface area contributed by atoms with Gasteiger partial charge in [0.2, 0.25) is 15.9 Å². The first-order valence-corrected chi connectivity index (χ1v) is 7.98. The van der Waals surface area contributed by atoms with Crippen molar-refractivity contribution in [2.75, 3.05) is 18.4 Å². The molecule has 0 spiro atoms. The van der Waals surface area contributed by atoms with Gasteiger partial charge in [-0.25, -0.2) is 8.42 Å². The molecule has 8 heteroatoms. The van der Waals surface area contributed by atoms with Crippen molar-refractivity contribution in [2.24, 2.45) is 0 Å². The number of aliphatic hydroxyl groups is 2. The molecule has 0 bridgehead atoms. The summed E-state index contributed by atoms with van der Waals surface area (Å²) in [5.41, 5.74) is 0.510. The number of carbonyl (C=O) groups excluding carboxylic acids is 1. The van der Waals surface area contributed by atoms with Gasteiger partial charge in [0.25, 0.3) is 0 Å². The van der Waals surface area contributed by atoms with Crippen LogP contribution >= 0.6 is 0 Å². The average molecular weight is 314 g/mol. The highest BCUT2D eigenvalue weighted by Crippen LogP contribution is 2.22. The number of nitrogens with one attached hydrogen (secondary N) is 1. The summed E-state index contributed by atoms with van der Waals surface area (Å²) in [5, 5.41) is 21.6. The molecule has 7 nitrogen and oxygen atoms in total. The summed E-state index contributed by atoms with van der Waals surface area (Å²) in [6.07, 6.45) is -1.77. The fraction of sp³-hybridized carbons (Fsp3) is 0.462. The van der Waals surface area contributed by atoms with Crippen LogP contribution < -0.4 is 5.32 Å². The van der Waals surface area contributed by atoms with Crippen molar-refractivity contribution < 1.29 is 23.4 Å². The Morgan fingerprint density at radius 2 is 1.86 bits per heavy atom. The number of amides is 1. The van der Waals surface area contributed by atoms with Crippen molar-refractivity contribution in [2.45, 2.75) is 30.4 Å². The molecule has 2 rings (SSSR count). The second-order valence-electron chi connectivity index (χ2n) is 4.99. The molecule has 21 heavy (non-hydrogen) atoms. The molecule has 0 aliphatic carbocycles. The average Bonchev–Trinajstić information content (AvgIpc) is 2.41. The molecule has 1 aromatic carbocycles. The number of hydrogen-bond acceptors (Lipinski definition) is 5. The predicted molar refractivity (Wildman–Crippen MR) is 76.1 cm³/mol. The maximum absolute atomic E-state index is 12.4. The van der Waals surface area contributed by atoms with Crippen LogP contribution in [0.5, 0.6) is 0 Å². The van der Waals surface area contributed by atoms with Gasteiger partial charge in [0.15, 0.2) is 0 Å². The highest BCUT2D eigenvalue weighted by molar-refractivity contribution is 7.89. The van der Waals surface area contributed by atoms with E-state index < -0.39 is 22.2 Å². The molecule has 0 saturated carbocycles. The Morgan fingerprint density at radius 1 is 1.24 bits per heavy atom. The molecule has 1 aromatic rings. The number of carbonyl (C=O) groups is 1. The lowest BCUT2D eigenvalue weighted by atomic mass is 10.1. The second kappa shape index (κ2) is 6.10. The van der Waals surface area contributed by atoms with Gasteiger partial charge in [-0.3, -0.25) is 4.79 Å². The monoisotopic (exact) mass is 314 g/mol. The lowest BCUT2D eigenvalue weighted by Gasteiger charge is -2.32. The SMILES string of the molecule is CC(=O)Nc1ccc(S(=O)(=O)N2CC[C@@H](O)[C@H](O)C2)cc1. The van der Waals surface area contributed by atoms with Crippen LogP contribution in [0.3, 0.4) is 0 Å². The maximum Gasteiger partial charge on any atom is 0.243 e. The number of hydrogen-bond donors (Lipinski definition) is 3. The maximum atomic E-state index is 12.4. The van der Waals surface area contributed by atoms with E-state index in [-0.39, 0.29) is 30.3 Å². The zero-order valence-corrected chi connectivity index (χ0v) is 12.4. The molecule has 116 valence electrons. The van der Waals surface area contributed by atoms with Crippen LogP contribution in [0.25, 0.3) is 0 Å². The standard InChI is InChI=1S/C13H18N2O5S/c1-9(16)14-10-2-4-11(5-3-10)21(19,20)15-7-6-12(17)13(18)8-15/h2-5,12-13,17-18H,6-8H2,1H3,(H,14,16)/t12-,13-/m1/s1. The lowest BCUT2D eigenvalue weighted by molar-refractivity contribution is -0.114. The Balaban J connectivity index is 2.18. The van der Waals surface area contributed by atoms with Crippen LogP contribution in [0.2, 0.25) is 0 Å². The number of piperidine rings is 1. The summed E-state index contributed by atoms with van der Waals surface area (Å²) in [6, 6.07) is 5.81. The van der Waals surface area contributed by atoms with E-state index in [0.717, 1.165) is 4.31 Å². The van der Waals surface area contributed by atoms with Gasteiger partial charge in [0.05, 0.1) is 17.1 Å². The molecule has 1 aliphatic rings. The van der Waals surface area contributed by atoms with Gasteiger partial charge in [-0.1, -0.05) is 0 Å². The zero-order valence-electron chi connectivity index (χ0n) is 11.6. The van der Waals surface area contributed by atoms with Crippen LogP contribution in [0.1, 0.15) is 13.3 Å². The number of β-amino-alcohol motifs (C(OH)–C–C–N with tert-alkyl or cyclic N) is 1. The molecule has 1 fully saturated rings. The highest BCUT2D eigenvalue weighted by Gasteiger charge is 2.33. The van der Waals surface area contributed by atoms with E-state index in [2.05, 4.69) is 5.32 Å². The van der Waals surface area contributed by atoms with E-state index in [4.69, 9.17) is 0 Å². The summed E-state index contributed by atoms with van der Waals surface area (Å²) >= 11 is 0. The summed E-state index contributed by atoms with van der Waals surface area (Å²) in [5.74, 6) is -0.237. The Hall–Kier alpha value is -1.48. The van der Waals surface area contributed by atoms with Crippen LogP contribution in [0.15, 0.2) is 29.2 Å². The molecule has 1 saturated heterocycles. The number of nitrogens with zero attached hydrogens (tertiary/aromatic N) is 1. The summed E-state index contributed by atoms with van der Waals surface area (Å²) < 4.78 is 26.0. The van der Waals surface area contributed by atoms with Crippen LogP contribution in [-0.4, -0.2) is 54.1 Å². The molecule has 2 atom stereocenters. The molecule has 1 amide bonds. The van der Waals surface area contributed by atoms with Crippen molar-refractivity contribution in [1.82, 2.24) is 4.31 Å². The van der Waals surface area contributed by atoms with Crippen molar-refractivity contribution in [3.63, 3.8) is 0 Å². The first kappa shape index (κ1) is 15.9. The number of sulfonamides is 1. The summed E-state index contributed by atoms with van der Waals surface area (Å²) in [4.78, 5) is 11.0. The van der Waals surface area contributed by atoms with Gasteiger partial charge in [-0.05, 0) is 30.7 Å². The number of benzene rings is 1.